The molecule has 134 valence electrons. The molecule has 24 heavy (non-hydrogen) atoms. The summed E-state index contributed by atoms with van der Waals surface area (Å²) < 4.78 is 5.26. The van der Waals surface area contributed by atoms with Gasteiger partial charge in [-0.25, -0.2) is 0 Å². The normalized spacial score (nSPS) is 25.2. The van der Waals surface area contributed by atoms with Crippen LogP contribution in [0.2, 0.25) is 5.02 Å². The van der Waals surface area contributed by atoms with E-state index in [0.717, 1.165) is 12.8 Å². The molecule has 2 unspecified atom stereocenters. The van der Waals surface area contributed by atoms with Crippen molar-refractivity contribution in [3.63, 3.8) is 0 Å². The number of nitrogens with one attached hydrogen (secondary N) is 2. The van der Waals surface area contributed by atoms with Crippen LogP contribution >= 0.6 is 24.0 Å². The van der Waals surface area contributed by atoms with Gasteiger partial charge in [0.1, 0.15) is 5.75 Å². The van der Waals surface area contributed by atoms with Crippen LogP contribution in [0.5, 0.6) is 5.75 Å². The highest BCUT2D eigenvalue weighted by Crippen LogP contribution is 2.30. The Hall–Kier alpha value is -1.01. The zero-order valence-corrected chi connectivity index (χ0v) is 15.6. The third-order valence-electron chi connectivity index (χ3n) is 4.90. The van der Waals surface area contributed by atoms with Crippen molar-refractivity contribution in [3.05, 3.63) is 23.2 Å². The Kier molecular flexibility index (Phi) is 6.75. The van der Waals surface area contributed by atoms with Crippen molar-refractivity contribution < 1.29 is 9.53 Å². The van der Waals surface area contributed by atoms with E-state index in [0.29, 0.717) is 41.1 Å². The van der Waals surface area contributed by atoms with Crippen molar-refractivity contribution in [2.45, 2.75) is 43.8 Å². The van der Waals surface area contributed by atoms with Crippen LogP contribution in [-0.2, 0) is 4.79 Å². The lowest BCUT2D eigenvalue weighted by atomic mass is 9.98. The van der Waals surface area contributed by atoms with Crippen LogP contribution in [0.3, 0.4) is 0 Å². The van der Waals surface area contributed by atoms with Crippen LogP contribution in [0.4, 0.5) is 5.69 Å². The van der Waals surface area contributed by atoms with Gasteiger partial charge in [0.2, 0.25) is 5.91 Å². The molecule has 0 spiro atoms. The van der Waals surface area contributed by atoms with E-state index in [9.17, 15) is 4.79 Å². The molecule has 2 aliphatic heterocycles. The van der Waals surface area contributed by atoms with Crippen molar-refractivity contribution in [1.82, 2.24) is 10.2 Å². The molecule has 2 heterocycles. The summed E-state index contributed by atoms with van der Waals surface area (Å²) in [4.78, 5) is 14.5. The number of likely N-dealkylation sites (N-methyl/N-ethyl adjacent to an activating group) is 1. The number of carbonyl (C=O) groups excluding carboxylic acids is 1. The average molecular weight is 374 g/mol. The molecule has 2 fully saturated rings. The van der Waals surface area contributed by atoms with Crippen molar-refractivity contribution in [2.75, 3.05) is 26.0 Å². The van der Waals surface area contributed by atoms with E-state index in [-0.39, 0.29) is 18.3 Å². The minimum absolute atomic E-state index is 0. The number of anilines is 1. The second-order valence-corrected chi connectivity index (χ2v) is 7.01. The molecular formula is C17H25Cl2N3O2. The van der Waals surface area contributed by atoms with Crippen LogP contribution in [0.1, 0.15) is 25.7 Å². The zero-order valence-electron chi connectivity index (χ0n) is 14.0. The Morgan fingerprint density at radius 1 is 1.38 bits per heavy atom. The first-order valence-electron chi connectivity index (χ1n) is 8.15. The molecular weight excluding hydrogens is 349 g/mol. The molecule has 5 nitrogen and oxygen atoms in total. The van der Waals surface area contributed by atoms with Crippen LogP contribution < -0.4 is 15.4 Å². The largest absolute Gasteiger partial charge is 0.495 e. The Balaban J connectivity index is 0.00000208. The third-order valence-corrected chi connectivity index (χ3v) is 5.14. The fraction of sp³-hybridized carbons (Fsp3) is 0.588. The fourth-order valence-corrected chi connectivity index (χ4v) is 3.88. The van der Waals surface area contributed by atoms with Crippen LogP contribution in [0.25, 0.3) is 0 Å². The van der Waals surface area contributed by atoms with E-state index in [1.807, 2.05) is 7.05 Å². The minimum atomic E-state index is -0.0426. The first-order valence-corrected chi connectivity index (χ1v) is 8.52. The summed E-state index contributed by atoms with van der Waals surface area (Å²) in [5.41, 5.74) is 0.615. The SMILES string of the molecule is COc1ccc(Cl)cc1NC(=O)CN(C)C1CC2CCC(C1)N2.Cl. The van der Waals surface area contributed by atoms with E-state index in [1.54, 1.807) is 25.3 Å². The number of halogens is 2. The molecule has 0 aromatic heterocycles. The summed E-state index contributed by atoms with van der Waals surface area (Å²) in [6, 6.07) is 6.93. The quantitative estimate of drug-likeness (QED) is 0.832. The second-order valence-electron chi connectivity index (χ2n) is 6.57. The zero-order chi connectivity index (χ0) is 16.4. The monoisotopic (exact) mass is 373 g/mol. The van der Waals surface area contributed by atoms with Crippen molar-refractivity contribution in [2.24, 2.45) is 0 Å². The van der Waals surface area contributed by atoms with E-state index in [2.05, 4.69) is 15.5 Å². The summed E-state index contributed by atoms with van der Waals surface area (Å²) in [7, 11) is 3.61. The number of rotatable bonds is 5. The van der Waals surface area contributed by atoms with Gasteiger partial charge in [0.25, 0.3) is 0 Å². The van der Waals surface area contributed by atoms with Gasteiger partial charge in [-0.1, -0.05) is 11.6 Å². The number of piperidine rings is 1. The lowest BCUT2D eigenvalue weighted by Crippen LogP contribution is -2.48. The number of nitrogens with zero attached hydrogens (tertiary/aromatic N) is 1. The standard InChI is InChI=1S/C17H24ClN3O2.ClH/c1-21(14-8-12-4-5-13(9-14)19-12)10-17(22)20-15-7-11(18)3-6-16(15)23-2;/h3,6-7,12-14,19H,4-5,8-10H2,1-2H3,(H,20,22);1H. The smallest absolute Gasteiger partial charge is 0.238 e. The molecule has 0 saturated carbocycles. The maximum absolute atomic E-state index is 12.4. The van der Waals surface area contributed by atoms with Crippen molar-refractivity contribution >= 4 is 35.6 Å². The topological polar surface area (TPSA) is 53.6 Å². The lowest BCUT2D eigenvalue weighted by molar-refractivity contribution is -0.117. The summed E-state index contributed by atoms with van der Waals surface area (Å²) in [5, 5.41) is 7.11. The van der Waals surface area contributed by atoms with Gasteiger partial charge < -0.3 is 15.4 Å². The number of methoxy groups -OCH3 is 1. The Morgan fingerprint density at radius 2 is 2.04 bits per heavy atom. The van der Waals surface area contributed by atoms with Crippen LogP contribution in [0, 0.1) is 0 Å². The van der Waals surface area contributed by atoms with E-state index >= 15 is 0 Å². The predicted octanol–water partition coefficient (Wildman–Crippen LogP) is 2.92. The number of ether oxygens (including phenoxy) is 1. The fourth-order valence-electron chi connectivity index (χ4n) is 3.71. The summed E-state index contributed by atoms with van der Waals surface area (Å²) in [6.07, 6.45) is 4.78. The first kappa shape index (κ1) is 19.3. The second kappa shape index (κ2) is 8.39. The maximum Gasteiger partial charge on any atom is 0.238 e. The van der Waals surface area contributed by atoms with Gasteiger partial charge >= 0.3 is 0 Å². The Labute approximate surface area is 154 Å². The predicted molar refractivity (Wildman–Crippen MR) is 99.5 cm³/mol. The number of benzene rings is 1. The Morgan fingerprint density at radius 3 is 2.67 bits per heavy atom. The summed E-state index contributed by atoms with van der Waals surface area (Å²) in [6.45, 7) is 0.375. The van der Waals surface area contributed by atoms with Gasteiger partial charge in [-0.2, -0.15) is 0 Å². The molecule has 0 radical (unpaired) electrons. The maximum atomic E-state index is 12.4. The van der Waals surface area contributed by atoms with Crippen molar-refractivity contribution in [3.8, 4) is 5.75 Å². The van der Waals surface area contributed by atoms with Crippen LogP contribution in [0.15, 0.2) is 18.2 Å². The van der Waals surface area contributed by atoms with Gasteiger partial charge in [-0.15, -0.1) is 12.4 Å². The number of hydrogen-bond acceptors (Lipinski definition) is 4. The summed E-state index contributed by atoms with van der Waals surface area (Å²) in [5.74, 6) is 0.573. The van der Waals surface area contributed by atoms with Gasteiger partial charge in [0, 0.05) is 23.1 Å². The van der Waals surface area contributed by atoms with Crippen LogP contribution in [-0.4, -0.2) is 49.6 Å². The lowest BCUT2D eigenvalue weighted by Gasteiger charge is -2.35. The highest BCUT2D eigenvalue weighted by molar-refractivity contribution is 6.31. The van der Waals surface area contributed by atoms with E-state index in [1.165, 1.54) is 12.8 Å². The molecule has 2 bridgehead atoms. The highest BCUT2D eigenvalue weighted by Gasteiger charge is 2.35. The molecule has 1 aromatic carbocycles. The molecule has 2 atom stereocenters. The van der Waals surface area contributed by atoms with E-state index < -0.39 is 0 Å². The van der Waals surface area contributed by atoms with Gasteiger partial charge in [0.15, 0.2) is 0 Å². The molecule has 1 aromatic rings. The van der Waals surface area contributed by atoms with Gasteiger partial charge in [0.05, 0.1) is 19.3 Å². The molecule has 2 saturated heterocycles. The molecule has 7 heteroatoms. The molecule has 2 N–H and O–H groups in total. The number of carbonyl (C=O) groups is 1. The van der Waals surface area contributed by atoms with E-state index in [4.69, 9.17) is 16.3 Å². The highest BCUT2D eigenvalue weighted by atomic mass is 35.5. The van der Waals surface area contributed by atoms with Crippen molar-refractivity contribution in [1.29, 1.82) is 0 Å². The summed E-state index contributed by atoms with van der Waals surface area (Å²) >= 11 is 6.00. The first-order chi connectivity index (χ1) is 11.0. The number of fused-ring (bicyclic) bond motifs is 2. The molecule has 1 amide bonds. The molecule has 3 rings (SSSR count). The molecule has 2 aliphatic rings. The number of amides is 1. The average Bonchev–Trinajstić information content (AvgIpc) is 2.85. The van der Waals surface area contributed by atoms with Gasteiger partial charge in [-0.05, 0) is 50.9 Å². The Bertz CT molecular complexity index is 573. The number of hydrogen-bond donors (Lipinski definition) is 2. The third kappa shape index (κ3) is 4.54. The minimum Gasteiger partial charge on any atom is -0.495 e. The molecule has 0 aliphatic carbocycles. The van der Waals surface area contributed by atoms with Gasteiger partial charge in [-0.3, -0.25) is 9.69 Å².